The van der Waals surface area contributed by atoms with E-state index in [1.165, 1.54) is 12.1 Å². The molecule has 1 fully saturated rings. The van der Waals surface area contributed by atoms with Gasteiger partial charge in [-0.3, -0.25) is 4.68 Å². The third kappa shape index (κ3) is 3.30. The molecule has 0 amide bonds. The zero-order chi connectivity index (χ0) is 12.1. The highest BCUT2D eigenvalue weighted by molar-refractivity contribution is 5.00. The molecule has 0 aliphatic heterocycles. The zero-order valence-corrected chi connectivity index (χ0v) is 10.7. The van der Waals surface area contributed by atoms with Gasteiger partial charge in [0.2, 0.25) is 0 Å². The second-order valence-corrected chi connectivity index (χ2v) is 5.03. The van der Waals surface area contributed by atoms with E-state index < -0.39 is 5.60 Å². The van der Waals surface area contributed by atoms with Crippen molar-refractivity contribution < 1.29 is 5.11 Å². The van der Waals surface area contributed by atoms with E-state index in [9.17, 15) is 5.11 Å². The molecule has 1 aliphatic rings. The maximum atomic E-state index is 10.3. The molecule has 1 heterocycles. The van der Waals surface area contributed by atoms with E-state index in [0.29, 0.717) is 6.54 Å². The minimum Gasteiger partial charge on any atom is -0.389 e. The molecule has 0 radical (unpaired) electrons. The maximum Gasteiger partial charge on any atom is 0.0771 e. The summed E-state index contributed by atoms with van der Waals surface area (Å²) in [7, 11) is 0. The van der Waals surface area contributed by atoms with Crippen molar-refractivity contribution in [3.05, 3.63) is 18.0 Å². The molecule has 0 saturated heterocycles. The molecule has 0 atom stereocenters. The van der Waals surface area contributed by atoms with Crippen LogP contribution in [0.2, 0.25) is 0 Å². The smallest absolute Gasteiger partial charge is 0.0771 e. The van der Waals surface area contributed by atoms with Gasteiger partial charge in [-0.25, -0.2) is 0 Å². The van der Waals surface area contributed by atoms with Crippen LogP contribution < -0.4 is 5.32 Å². The molecule has 1 aliphatic carbocycles. The summed E-state index contributed by atoms with van der Waals surface area (Å²) >= 11 is 0. The van der Waals surface area contributed by atoms with Crippen molar-refractivity contribution in [3.63, 3.8) is 0 Å². The lowest BCUT2D eigenvalue weighted by Crippen LogP contribution is -2.42. The predicted octanol–water partition coefficient (Wildman–Crippen LogP) is 1.69. The monoisotopic (exact) mass is 237 g/mol. The number of aryl methyl sites for hydroxylation is 1. The molecule has 0 spiro atoms. The lowest BCUT2D eigenvalue weighted by molar-refractivity contribution is 0.00455. The minimum absolute atomic E-state index is 0.477. The summed E-state index contributed by atoms with van der Waals surface area (Å²) in [6, 6.07) is 2.03. The molecule has 1 saturated carbocycles. The Morgan fingerprint density at radius 1 is 1.41 bits per heavy atom. The van der Waals surface area contributed by atoms with Gasteiger partial charge in [0.15, 0.2) is 0 Å². The van der Waals surface area contributed by atoms with Gasteiger partial charge in [-0.2, -0.15) is 5.10 Å². The number of nitrogens with one attached hydrogen (secondary N) is 1. The van der Waals surface area contributed by atoms with Crippen molar-refractivity contribution in [2.24, 2.45) is 0 Å². The molecule has 0 unspecified atom stereocenters. The Morgan fingerprint density at radius 3 is 2.88 bits per heavy atom. The van der Waals surface area contributed by atoms with E-state index >= 15 is 0 Å². The van der Waals surface area contributed by atoms with Gasteiger partial charge in [0.05, 0.1) is 11.3 Å². The van der Waals surface area contributed by atoms with Crippen LogP contribution in [-0.2, 0) is 13.1 Å². The van der Waals surface area contributed by atoms with Crippen LogP contribution in [0.5, 0.6) is 0 Å². The van der Waals surface area contributed by atoms with Crippen LogP contribution in [0, 0.1) is 0 Å². The van der Waals surface area contributed by atoms with E-state index in [1.54, 1.807) is 0 Å². The average Bonchev–Trinajstić information content (AvgIpc) is 2.77. The Kier molecular flexibility index (Phi) is 4.18. The van der Waals surface area contributed by atoms with Crippen LogP contribution in [0.1, 0.15) is 44.7 Å². The summed E-state index contributed by atoms with van der Waals surface area (Å²) in [5.74, 6) is 0. The fourth-order valence-electron chi connectivity index (χ4n) is 2.60. The van der Waals surface area contributed by atoms with Crippen LogP contribution in [0.4, 0.5) is 0 Å². The van der Waals surface area contributed by atoms with Crippen molar-refractivity contribution in [1.82, 2.24) is 15.1 Å². The highest BCUT2D eigenvalue weighted by atomic mass is 16.3. The summed E-state index contributed by atoms with van der Waals surface area (Å²) < 4.78 is 1.98. The van der Waals surface area contributed by atoms with E-state index in [1.807, 2.05) is 16.9 Å². The molecule has 1 aromatic rings. The highest BCUT2D eigenvalue weighted by Gasteiger charge is 2.28. The normalized spacial score (nSPS) is 19.4. The van der Waals surface area contributed by atoms with Crippen molar-refractivity contribution in [1.29, 1.82) is 0 Å². The second kappa shape index (κ2) is 5.65. The van der Waals surface area contributed by atoms with E-state index in [4.69, 9.17) is 0 Å². The van der Waals surface area contributed by atoms with Crippen LogP contribution in [0.3, 0.4) is 0 Å². The Hall–Kier alpha value is -0.870. The van der Waals surface area contributed by atoms with Gasteiger partial charge in [-0.1, -0.05) is 19.3 Å². The van der Waals surface area contributed by atoms with Crippen LogP contribution >= 0.6 is 0 Å². The number of nitrogens with zero attached hydrogens (tertiary/aromatic N) is 2. The number of hydrogen-bond acceptors (Lipinski definition) is 3. The van der Waals surface area contributed by atoms with Gasteiger partial charge in [-0.15, -0.1) is 0 Å². The first-order valence-electron chi connectivity index (χ1n) is 6.67. The Morgan fingerprint density at radius 2 is 2.18 bits per heavy atom. The van der Waals surface area contributed by atoms with Crippen molar-refractivity contribution in [2.45, 2.75) is 57.7 Å². The van der Waals surface area contributed by atoms with Crippen LogP contribution in [-0.4, -0.2) is 27.0 Å². The Bertz CT molecular complexity index is 342. The van der Waals surface area contributed by atoms with Gasteiger partial charge in [0.1, 0.15) is 0 Å². The van der Waals surface area contributed by atoms with E-state index in [0.717, 1.165) is 38.8 Å². The number of hydrogen-bond donors (Lipinski definition) is 2. The minimum atomic E-state index is -0.477. The first-order valence-corrected chi connectivity index (χ1v) is 6.67. The number of aromatic nitrogens is 2. The van der Waals surface area contributed by atoms with Crippen LogP contribution in [0.25, 0.3) is 0 Å². The third-order valence-electron chi connectivity index (χ3n) is 3.65. The van der Waals surface area contributed by atoms with Gasteiger partial charge in [-0.05, 0) is 25.8 Å². The summed E-state index contributed by atoms with van der Waals surface area (Å²) in [6.45, 7) is 4.47. The molecule has 2 N–H and O–H groups in total. The maximum absolute atomic E-state index is 10.3. The van der Waals surface area contributed by atoms with Gasteiger partial charge in [0.25, 0.3) is 0 Å². The molecule has 4 nitrogen and oxygen atoms in total. The summed E-state index contributed by atoms with van der Waals surface area (Å²) in [6.07, 6.45) is 7.29. The lowest BCUT2D eigenvalue weighted by atomic mass is 9.85. The molecule has 4 heteroatoms. The summed E-state index contributed by atoms with van der Waals surface area (Å²) in [5.41, 5.74) is 0.710. The summed E-state index contributed by atoms with van der Waals surface area (Å²) in [4.78, 5) is 0. The molecule has 96 valence electrons. The average molecular weight is 237 g/mol. The van der Waals surface area contributed by atoms with E-state index in [-0.39, 0.29) is 0 Å². The Balaban J connectivity index is 1.79. The van der Waals surface area contributed by atoms with Gasteiger partial charge >= 0.3 is 0 Å². The van der Waals surface area contributed by atoms with Crippen molar-refractivity contribution in [2.75, 3.05) is 6.54 Å². The zero-order valence-electron chi connectivity index (χ0n) is 10.7. The molecule has 0 bridgehead atoms. The standard InChI is InChI=1S/C13H23N3O/c1-2-16-12(6-9-15-16)10-14-11-13(17)7-4-3-5-8-13/h6,9,14,17H,2-5,7-8,10-11H2,1H3. The SMILES string of the molecule is CCn1nccc1CNCC1(O)CCCCC1. The largest absolute Gasteiger partial charge is 0.389 e. The van der Waals surface area contributed by atoms with Crippen molar-refractivity contribution in [3.8, 4) is 0 Å². The number of rotatable bonds is 5. The van der Waals surface area contributed by atoms with Crippen molar-refractivity contribution >= 4 is 0 Å². The molecule has 1 aromatic heterocycles. The predicted molar refractivity (Wildman–Crippen MR) is 67.6 cm³/mol. The first-order chi connectivity index (χ1) is 8.23. The molecular formula is C13H23N3O. The molecule has 17 heavy (non-hydrogen) atoms. The fourth-order valence-corrected chi connectivity index (χ4v) is 2.60. The summed E-state index contributed by atoms with van der Waals surface area (Å²) in [5, 5.41) is 17.9. The van der Waals surface area contributed by atoms with Gasteiger partial charge < -0.3 is 10.4 Å². The molecule has 2 rings (SSSR count). The third-order valence-corrected chi connectivity index (χ3v) is 3.65. The molecule has 0 aromatic carbocycles. The first kappa shape index (κ1) is 12.6. The topological polar surface area (TPSA) is 50.1 Å². The number of aliphatic hydroxyl groups is 1. The Labute approximate surface area is 103 Å². The quantitative estimate of drug-likeness (QED) is 0.819. The lowest BCUT2D eigenvalue weighted by Gasteiger charge is -2.32. The highest BCUT2D eigenvalue weighted by Crippen LogP contribution is 2.27. The van der Waals surface area contributed by atoms with E-state index in [2.05, 4.69) is 17.3 Å². The second-order valence-electron chi connectivity index (χ2n) is 5.03. The fraction of sp³-hybridized carbons (Fsp3) is 0.769. The van der Waals surface area contributed by atoms with Gasteiger partial charge in [0, 0.05) is 25.8 Å². The molecular weight excluding hydrogens is 214 g/mol. The van der Waals surface area contributed by atoms with Crippen LogP contribution in [0.15, 0.2) is 12.3 Å².